The number of rotatable bonds is 12. The summed E-state index contributed by atoms with van der Waals surface area (Å²) in [6.07, 6.45) is 1.19. The molecule has 0 spiro atoms. The number of carbonyl (C=O) groups is 1. The Bertz CT molecular complexity index is 459. The zero-order valence-corrected chi connectivity index (χ0v) is 15.1. The second-order valence-electron chi connectivity index (χ2n) is 6.22. The van der Waals surface area contributed by atoms with Gasteiger partial charge in [0.05, 0.1) is 19.8 Å². The van der Waals surface area contributed by atoms with Crippen LogP contribution in [0.1, 0.15) is 44.9 Å². The lowest BCUT2D eigenvalue weighted by molar-refractivity contribution is -0.265. The van der Waals surface area contributed by atoms with Crippen molar-refractivity contribution < 1.29 is 34.3 Å². The lowest BCUT2D eigenvalue weighted by Gasteiger charge is -2.40. The summed E-state index contributed by atoms with van der Waals surface area (Å²) in [6, 6.07) is -1.07. The summed E-state index contributed by atoms with van der Waals surface area (Å²) < 4.78 is 15.5. The van der Waals surface area contributed by atoms with Crippen molar-refractivity contribution in [1.82, 2.24) is 0 Å². The lowest BCUT2D eigenvalue weighted by Crippen LogP contribution is -2.58. The third kappa shape index (κ3) is 7.45. The van der Waals surface area contributed by atoms with Crippen molar-refractivity contribution in [3.63, 3.8) is 0 Å². The second-order valence-corrected chi connectivity index (χ2v) is 6.22. The summed E-state index contributed by atoms with van der Waals surface area (Å²) in [7, 11) is 1.38. The van der Waals surface area contributed by atoms with Gasteiger partial charge in [0.15, 0.2) is 6.29 Å². The van der Waals surface area contributed by atoms with Crippen LogP contribution in [0.4, 0.5) is 0 Å². The van der Waals surface area contributed by atoms with Gasteiger partial charge in [0.1, 0.15) is 18.2 Å². The van der Waals surface area contributed by atoms with Crippen LogP contribution in [0.5, 0.6) is 0 Å². The molecule has 3 N–H and O–H groups in total. The Hall–Kier alpha value is -1.42. The number of ether oxygens (including phenoxy) is 3. The molecule has 0 aromatic carbocycles. The fraction of sp³-hybridized carbons (Fsp3) is 0.938. The molecule has 0 saturated carbocycles. The first-order valence-corrected chi connectivity index (χ1v) is 8.90. The van der Waals surface area contributed by atoms with Crippen LogP contribution in [0.3, 0.4) is 0 Å². The Balaban J connectivity index is 2.23. The molecule has 0 aliphatic carbocycles. The van der Waals surface area contributed by atoms with Crippen LogP contribution in [-0.2, 0) is 19.0 Å². The van der Waals surface area contributed by atoms with Crippen LogP contribution in [0.25, 0.3) is 10.4 Å². The molecule has 1 aliphatic heterocycles. The van der Waals surface area contributed by atoms with Crippen molar-refractivity contribution >= 4 is 5.97 Å². The third-order valence-corrected chi connectivity index (χ3v) is 4.32. The van der Waals surface area contributed by atoms with Gasteiger partial charge in [-0.05, 0) is 18.4 Å². The van der Waals surface area contributed by atoms with Gasteiger partial charge in [0.25, 0.3) is 0 Å². The molecule has 1 saturated heterocycles. The van der Waals surface area contributed by atoms with Crippen LogP contribution in [0.15, 0.2) is 5.11 Å². The molecule has 0 aromatic rings. The summed E-state index contributed by atoms with van der Waals surface area (Å²) in [4.78, 5) is 13.6. The van der Waals surface area contributed by atoms with Crippen LogP contribution in [-0.4, -0.2) is 72.3 Å². The predicted octanol–water partition coefficient (Wildman–Crippen LogP) is 1.02. The zero-order valence-electron chi connectivity index (χ0n) is 15.1. The molecule has 1 aliphatic rings. The van der Waals surface area contributed by atoms with E-state index in [4.69, 9.17) is 15.0 Å². The third-order valence-electron chi connectivity index (χ3n) is 4.32. The molecule has 0 radical (unpaired) electrons. The van der Waals surface area contributed by atoms with Gasteiger partial charge < -0.3 is 29.5 Å². The Morgan fingerprint density at radius 1 is 1.15 bits per heavy atom. The fourth-order valence-electron chi connectivity index (χ4n) is 2.77. The van der Waals surface area contributed by atoms with Gasteiger partial charge in [0, 0.05) is 17.9 Å². The topological polar surface area (TPSA) is 154 Å². The van der Waals surface area contributed by atoms with Crippen molar-refractivity contribution in [3.8, 4) is 0 Å². The van der Waals surface area contributed by atoms with Gasteiger partial charge in [-0.2, -0.15) is 0 Å². The summed E-state index contributed by atoms with van der Waals surface area (Å²) in [5, 5.41) is 32.4. The SMILES string of the molecule is COC(=O)CCCCCCCCO[C@H]1O[C@H](CO)[C@@H](O)[C@H](O)[C@@H]1N=[N+]=[N-]. The highest BCUT2D eigenvalue weighted by Crippen LogP contribution is 2.25. The number of carbonyl (C=O) groups excluding carboxylic acids is 1. The number of esters is 1. The second kappa shape index (κ2) is 12.9. The van der Waals surface area contributed by atoms with E-state index in [1.807, 2.05) is 0 Å². The maximum Gasteiger partial charge on any atom is 0.305 e. The van der Waals surface area contributed by atoms with Crippen LogP contribution < -0.4 is 0 Å². The average molecular weight is 375 g/mol. The molecule has 10 nitrogen and oxygen atoms in total. The standard InChI is InChI=1S/C16H29N3O7/c1-24-12(21)8-6-4-2-3-5-7-9-25-16-13(18-19-17)15(23)14(22)11(10-20)26-16/h11,13-16,20,22-23H,2-10H2,1H3/t11-,13+,14-,15-,16+/m1/s1. The van der Waals surface area contributed by atoms with Gasteiger partial charge in [-0.15, -0.1) is 0 Å². The first kappa shape index (κ1) is 22.6. The van der Waals surface area contributed by atoms with E-state index in [2.05, 4.69) is 14.8 Å². The number of methoxy groups -OCH3 is 1. The van der Waals surface area contributed by atoms with E-state index < -0.39 is 37.3 Å². The fourth-order valence-corrected chi connectivity index (χ4v) is 2.77. The number of aliphatic hydroxyl groups excluding tert-OH is 3. The monoisotopic (exact) mass is 375 g/mol. The largest absolute Gasteiger partial charge is 0.469 e. The highest BCUT2D eigenvalue weighted by molar-refractivity contribution is 5.68. The van der Waals surface area contributed by atoms with Crippen molar-refractivity contribution in [3.05, 3.63) is 10.4 Å². The molecule has 0 bridgehead atoms. The zero-order chi connectivity index (χ0) is 19.4. The van der Waals surface area contributed by atoms with E-state index >= 15 is 0 Å². The van der Waals surface area contributed by atoms with Crippen molar-refractivity contribution in [2.75, 3.05) is 20.3 Å². The average Bonchev–Trinajstić information content (AvgIpc) is 2.65. The summed E-state index contributed by atoms with van der Waals surface area (Å²) >= 11 is 0. The molecule has 0 amide bonds. The number of aliphatic hydroxyl groups is 3. The Kier molecular flexibility index (Phi) is 11.2. The lowest BCUT2D eigenvalue weighted by atomic mass is 9.98. The number of hydrogen-bond donors (Lipinski definition) is 3. The highest BCUT2D eigenvalue weighted by Gasteiger charge is 2.44. The molecule has 5 atom stereocenters. The van der Waals surface area contributed by atoms with E-state index in [0.29, 0.717) is 13.0 Å². The molecule has 0 aromatic heterocycles. The number of azide groups is 1. The minimum Gasteiger partial charge on any atom is -0.469 e. The number of nitrogens with zero attached hydrogens (tertiary/aromatic N) is 3. The van der Waals surface area contributed by atoms with Crippen molar-refractivity contribution in [2.45, 2.75) is 75.6 Å². The summed E-state index contributed by atoms with van der Waals surface area (Å²) in [5.41, 5.74) is 8.60. The van der Waals surface area contributed by atoms with E-state index in [1.165, 1.54) is 7.11 Å². The van der Waals surface area contributed by atoms with E-state index in [-0.39, 0.29) is 5.97 Å². The smallest absolute Gasteiger partial charge is 0.305 e. The quantitative estimate of drug-likeness (QED) is 0.151. The van der Waals surface area contributed by atoms with Crippen molar-refractivity contribution in [1.29, 1.82) is 0 Å². The van der Waals surface area contributed by atoms with Gasteiger partial charge in [-0.3, -0.25) is 4.79 Å². The van der Waals surface area contributed by atoms with Crippen molar-refractivity contribution in [2.24, 2.45) is 5.11 Å². The minimum absolute atomic E-state index is 0.186. The van der Waals surface area contributed by atoms with Crippen LogP contribution >= 0.6 is 0 Å². The maximum atomic E-state index is 11.0. The Labute approximate surface area is 152 Å². The van der Waals surface area contributed by atoms with Crippen LogP contribution in [0.2, 0.25) is 0 Å². The van der Waals surface area contributed by atoms with E-state index in [9.17, 15) is 20.1 Å². The summed E-state index contributed by atoms with van der Waals surface area (Å²) in [6.45, 7) is -0.141. The van der Waals surface area contributed by atoms with Gasteiger partial charge in [-0.1, -0.05) is 30.8 Å². The molecule has 150 valence electrons. The normalized spacial score (nSPS) is 28.4. The Morgan fingerprint density at radius 3 is 2.42 bits per heavy atom. The number of hydrogen-bond acceptors (Lipinski definition) is 8. The molecule has 0 unspecified atom stereocenters. The van der Waals surface area contributed by atoms with E-state index in [0.717, 1.165) is 38.5 Å². The molecule has 26 heavy (non-hydrogen) atoms. The molecule has 1 fully saturated rings. The van der Waals surface area contributed by atoms with Gasteiger partial charge in [-0.25, -0.2) is 0 Å². The van der Waals surface area contributed by atoms with Gasteiger partial charge >= 0.3 is 5.97 Å². The summed E-state index contributed by atoms with van der Waals surface area (Å²) in [5.74, 6) is -0.186. The van der Waals surface area contributed by atoms with Gasteiger partial charge in [0.2, 0.25) is 0 Å². The first-order chi connectivity index (χ1) is 12.5. The predicted molar refractivity (Wildman–Crippen MR) is 91.0 cm³/mol. The molecule has 1 heterocycles. The number of unbranched alkanes of at least 4 members (excludes halogenated alkanes) is 5. The Morgan fingerprint density at radius 2 is 1.81 bits per heavy atom. The molecule has 1 rings (SSSR count). The van der Waals surface area contributed by atoms with E-state index in [1.54, 1.807) is 0 Å². The first-order valence-electron chi connectivity index (χ1n) is 8.90. The molecule has 10 heteroatoms. The molecular formula is C16H29N3O7. The van der Waals surface area contributed by atoms with Crippen LogP contribution in [0, 0.1) is 0 Å². The highest BCUT2D eigenvalue weighted by atomic mass is 16.7. The maximum absolute atomic E-state index is 11.0. The minimum atomic E-state index is -1.36. The molecular weight excluding hydrogens is 346 g/mol.